The molecular formula is C17H25ClN2. The normalized spacial score (nSPS) is 25.9. The molecule has 2 nitrogen and oxygen atoms in total. The quantitative estimate of drug-likeness (QED) is 0.911. The number of piperidine rings is 1. The van der Waals surface area contributed by atoms with E-state index in [0.29, 0.717) is 6.04 Å². The van der Waals surface area contributed by atoms with Crippen LogP contribution in [0.1, 0.15) is 43.4 Å². The third-order valence-corrected chi connectivity index (χ3v) is 5.12. The highest BCUT2D eigenvalue weighted by molar-refractivity contribution is 6.30. The summed E-state index contributed by atoms with van der Waals surface area (Å²) in [6.45, 7) is 7.06. The number of nitrogens with zero attached hydrogens (tertiary/aromatic N) is 1. The van der Waals surface area contributed by atoms with Gasteiger partial charge in [-0.2, -0.15) is 0 Å². The number of hydrogen-bond acceptors (Lipinski definition) is 2. The molecule has 1 aromatic rings. The molecule has 2 aliphatic rings. The van der Waals surface area contributed by atoms with E-state index in [1.165, 1.54) is 56.4 Å². The second kappa shape index (κ2) is 6.46. The first-order valence-corrected chi connectivity index (χ1v) is 8.39. The largest absolute Gasteiger partial charge is 0.316 e. The minimum absolute atomic E-state index is 0.606. The zero-order chi connectivity index (χ0) is 13.9. The Hall–Kier alpha value is -0.570. The second-order valence-electron chi connectivity index (χ2n) is 6.20. The molecule has 1 saturated heterocycles. The molecule has 0 bridgehead atoms. The van der Waals surface area contributed by atoms with Gasteiger partial charge in [0, 0.05) is 17.6 Å². The van der Waals surface area contributed by atoms with Crippen LogP contribution in [-0.2, 0) is 6.42 Å². The SMILES string of the molecule is CCN(CC1CCCNC1)C1CCc2cc(Cl)ccc21. The molecule has 0 saturated carbocycles. The summed E-state index contributed by atoms with van der Waals surface area (Å²) >= 11 is 6.12. The summed E-state index contributed by atoms with van der Waals surface area (Å²) in [6.07, 6.45) is 5.15. The van der Waals surface area contributed by atoms with Crippen molar-refractivity contribution in [1.29, 1.82) is 0 Å². The highest BCUT2D eigenvalue weighted by atomic mass is 35.5. The summed E-state index contributed by atoms with van der Waals surface area (Å²) in [4.78, 5) is 2.68. The summed E-state index contributed by atoms with van der Waals surface area (Å²) in [5.74, 6) is 0.819. The first-order valence-electron chi connectivity index (χ1n) is 8.01. The van der Waals surface area contributed by atoms with Crippen molar-refractivity contribution < 1.29 is 0 Å². The average molecular weight is 293 g/mol. The van der Waals surface area contributed by atoms with Crippen LogP contribution < -0.4 is 5.32 Å². The van der Waals surface area contributed by atoms with Crippen molar-refractivity contribution in [2.75, 3.05) is 26.2 Å². The van der Waals surface area contributed by atoms with E-state index in [0.717, 1.165) is 17.5 Å². The zero-order valence-corrected chi connectivity index (χ0v) is 13.1. The molecule has 2 unspecified atom stereocenters. The van der Waals surface area contributed by atoms with Crippen molar-refractivity contribution >= 4 is 11.6 Å². The first kappa shape index (κ1) is 14.4. The van der Waals surface area contributed by atoms with Gasteiger partial charge in [0.25, 0.3) is 0 Å². The number of rotatable bonds is 4. The Morgan fingerprint density at radius 1 is 1.35 bits per heavy atom. The van der Waals surface area contributed by atoms with Crippen LogP contribution in [0.4, 0.5) is 0 Å². The highest BCUT2D eigenvalue weighted by Crippen LogP contribution is 2.37. The van der Waals surface area contributed by atoms with Gasteiger partial charge in [-0.25, -0.2) is 0 Å². The fourth-order valence-electron chi connectivity index (χ4n) is 3.83. The lowest BCUT2D eigenvalue weighted by molar-refractivity contribution is 0.161. The summed E-state index contributed by atoms with van der Waals surface area (Å²) in [6, 6.07) is 7.06. The topological polar surface area (TPSA) is 15.3 Å². The van der Waals surface area contributed by atoms with E-state index in [2.05, 4.69) is 35.3 Å². The molecule has 110 valence electrons. The number of benzene rings is 1. The van der Waals surface area contributed by atoms with Crippen LogP contribution in [0.3, 0.4) is 0 Å². The predicted molar refractivity (Wildman–Crippen MR) is 85.4 cm³/mol. The maximum Gasteiger partial charge on any atom is 0.0408 e. The van der Waals surface area contributed by atoms with Gasteiger partial charge in [0.15, 0.2) is 0 Å². The van der Waals surface area contributed by atoms with Gasteiger partial charge in [-0.1, -0.05) is 24.6 Å². The van der Waals surface area contributed by atoms with Crippen LogP contribution in [0.2, 0.25) is 5.02 Å². The Balaban J connectivity index is 1.71. The van der Waals surface area contributed by atoms with E-state index in [1.54, 1.807) is 0 Å². The monoisotopic (exact) mass is 292 g/mol. The van der Waals surface area contributed by atoms with Gasteiger partial charge in [0.2, 0.25) is 0 Å². The van der Waals surface area contributed by atoms with Crippen molar-refractivity contribution in [3.63, 3.8) is 0 Å². The summed E-state index contributed by atoms with van der Waals surface area (Å²) < 4.78 is 0. The Morgan fingerprint density at radius 3 is 3.00 bits per heavy atom. The van der Waals surface area contributed by atoms with Crippen molar-refractivity contribution in [1.82, 2.24) is 10.2 Å². The Bertz CT molecular complexity index is 454. The van der Waals surface area contributed by atoms with Crippen molar-refractivity contribution in [3.05, 3.63) is 34.3 Å². The fraction of sp³-hybridized carbons (Fsp3) is 0.647. The van der Waals surface area contributed by atoms with Gasteiger partial charge in [-0.15, -0.1) is 0 Å². The van der Waals surface area contributed by atoms with Gasteiger partial charge < -0.3 is 5.32 Å². The number of nitrogens with one attached hydrogen (secondary N) is 1. The molecule has 0 amide bonds. The predicted octanol–water partition coefficient (Wildman–Crippen LogP) is 3.65. The Labute approximate surface area is 127 Å². The van der Waals surface area contributed by atoms with E-state index < -0.39 is 0 Å². The third-order valence-electron chi connectivity index (χ3n) is 4.89. The third kappa shape index (κ3) is 3.03. The van der Waals surface area contributed by atoms with E-state index in [4.69, 9.17) is 11.6 Å². The molecule has 3 heteroatoms. The maximum absolute atomic E-state index is 6.12. The van der Waals surface area contributed by atoms with Gasteiger partial charge in [-0.3, -0.25) is 4.90 Å². The van der Waals surface area contributed by atoms with Gasteiger partial charge in [0.1, 0.15) is 0 Å². The minimum Gasteiger partial charge on any atom is -0.316 e. The molecule has 1 aliphatic heterocycles. The van der Waals surface area contributed by atoms with Crippen LogP contribution in [-0.4, -0.2) is 31.1 Å². The zero-order valence-electron chi connectivity index (χ0n) is 12.4. The molecule has 0 spiro atoms. The summed E-state index contributed by atoms with van der Waals surface area (Å²) in [5.41, 5.74) is 2.97. The average Bonchev–Trinajstić information content (AvgIpc) is 2.88. The van der Waals surface area contributed by atoms with Crippen molar-refractivity contribution in [3.8, 4) is 0 Å². The molecular weight excluding hydrogens is 268 g/mol. The van der Waals surface area contributed by atoms with Crippen LogP contribution in [0.25, 0.3) is 0 Å². The minimum atomic E-state index is 0.606. The number of hydrogen-bond donors (Lipinski definition) is 1. The Morgan fingerprint density at radius 2 is 2.25 bits per heavy atom. The summed E-state index contributed by atoms with van der Waals surface area (Å²) in [7, 11) is 0. The van der Waals surface area contributed by atoms with Gasteiger partial charge >= 0.3 is 0 Å². The van der Waals surface area contributed by atoms with E-state index in [1.807, 2.05) is 0 Å². The van der Waals surface area contributed by atoms with E-state index >= 15 is 0 Å². The van der Waals surface area contributed by atoms with E-state index in [9.17, 15) is 0 Å². The molecule has 1 N–H and O–H groups in total. The maximum atomic E-state index is 6.12. The van der Waals surface area contributed by atoms with Crippen LogP contribution in [0.5, 0.6) is 0 Å². The molecule has 3 rings (SSSR count). The number of aryl methyl sites for hydroxylation is 1. The van der Waals surface area contributed by atoms with Crippen LogP contribution in [0, 0.1) is 5.92 Å². The number of fused-ring (bicyclic) bond motifs is 1. The molecule has 0 aromatic heterocycles. The van der Waals surface area contributed by atoms with Gasteiger partial charge in [0.05, 0.1) is 0 Å². The lowest BCUT2D eigenvalue weighted by Gasteiger charge is -2.33. The highest BCUT2D eigenvalue weighted by Gasteiger charge is 2.29. The molecule has 1 heterocycles. The lowest BCUT2D eigenvalue weighted by atomic mass is 9.97. The van der Waals surface area contributed by atoms with Gasteiger partial charge in [-0.05, 0) is 74.5 Å². The second-order valence-corrected chi connectivity index (χ2v) is 6.63. The van der Waals surface area contributed by atoms with Crippen molar-refractivity contribution in [2.45, 2.75) is 38.6 Å². The van der Waals surface area contributed by atoms with E-state index in [-0.39, 0.29) is 0 Å². The molecule has 1 fully saturated rings. The smallest absolute Gasteiger partial charge is 0.0408 e. The molecule has 1 aromatic carbocycles. The molecule has 1 aliphatic carbocycles. The summed E-state index contributed by atoms with van der Waals surface area (Å²) in [5, 5.41) is 4.42. The standard InChI is InChI=1S/C17H25ClN2/c1-2-20(12-13-4-3-9-19-11-13)17-8-5-14-10-15(18)6-7-16(14)17/h6-7,10,13,17,19H,2-5,8-9,11-12H2,1H3. The van der Waals surface area contributed by atoms with Crippen LogP contribution >= 0.6 is 11.6 Å². The molecule has 2 atom stereocenters. The Kier molecular flexibility index (Phi) is 4.65. The number of halogens is 1. The molecule has 0 radical (unpaired) electrons. The fourth-order valence-corrected chi connectivity index (χ4v) is 4.03. The van der Waals surface area contributed by atoms with Crippen molar-refractivity contribution in [2.24, 2.45) is 5.92 Å². The van der Waals surface area contributed by atoms with Crippen LogP contribution in [0.15, 0.2) is 18.2 Å². The lowest BCUT2D eigenvalue weighted by Crippen LogP contribution is -2.39. The molecule has 20 heavy (non-hydrogen) atoms. The first-order chi connectivity index (χ1) is 9.78.